The lowest BCUT2D eigenvalue weighted by Gasteiger charge is -2.18. The monoisotopic (exact) mass is 318 g/mol. The van der Waals surface area contributed by atoms with Crippen molar-refractivity contribution in [2.75, 3.05) is 19.6 Å². The van der Waals surface area contributed by atoms with Crippen LogP contribution in [0.4, 0.5) is 0 Å². The van der Waals surface area contributed by atoms with Crippen LogP contribution < -0.4 is 11.2 Å². The number of nitrogens with zero attached hydrogens (tertiary/aromatic N) is 5. The molecule has 0 fully saturated rings. The molecule has 3 aromatic heterocycles. The number of H-pyrrole nitrogens is 1. The Kier molecular flexibility index (Phi) is 3.85. The number of aromatic nitrogens is 5. The summed E-state index contributed by atoms with van der Waals surface area (Å²) in [5.74, 6) is 0.691. The highest BCUT2D eigenvalue weighted by Crippen LogP contribution is 2.15. The molecule has 3 heterocycles. The number of rotatable bonds is 5. The van der Waals surface area contributed by atoms with Gasteiger partial charge in [-0.3, -0.25) is 18.7 Å². The summed E-state index contributed by atoms with van der Waals surface area (Å²) >= 11 is 0. The first-order valence-electron chi connectivity index (χ1n) is 7.87. The third-order valence-corrected chi connectivity index (χ3v) is 4.45. The van der Waals surface area contributed by atoms with E-state index in [9.17, 15) is 9.59 Å². The summed E-state index contributed by atoms with van der Waals surface area (Å²) in [5.41, 5.74) is 0.998. The van der Waals surface area contributed by atoms with E-state index >= 15 is 0 Å². The number of nitrogens with one attached hydrogen (secondary N) is 1. The first-order valence-corrected chi connectivity index (χ1v) is 7.87. The molecule has 0 bridgehead atoms. The first kappa shape index (κ1) is 15.5. The highest BCUT2D eigenvalue weighted by atomic mass is 16.2. The van der Waals surface area contributed by atoms with E-state index in [1.807, 2.05) is 13.1 Å². The van der Waals surface area contributed by atoms with Gasteiger partial charge in [-0.2, -0.15) is 4.98 Å². The molecule has 0 saturated carbocycles. The van der Waals surface area contributed by atoms with Gasteiger partial charge in [0.1, 0.15) is 0 Å². The predicted molar refractivity (Wildman–Crippen MR) is 89.1 cm³/mol. The molecule has 0 saturated heterocycles. The minimum Gasteiger partial charge on any atom is -0.313 e. The Hall–Kier alpha value is -2.35. The van der Waals surface area contributed by atoms with Crippen molar-refractivity contribution in [3.63, 3.8) is 0 Å². The van der Waals surface area contributed by atoms with Gasteiger partial charge in [0, 0.05) is 32.0 Å². The van der Waals surface area contributed by atoms with Crippen molar-refractivity contribution in [1.29, 1.82) is 0 Å². The topological polar surface area (TPSA) is 80.3 Å². The van der Waals surface area contributed by atoms with Gasteiger partial charge in [-0.25, -0.2) is 4.79 Å². The van der Waals surface area contributed by atoms with Gasteiger partial charge in [-0.15, -0.1) is 0 Å². The van der Waals surface area contributed by atoms with Crippen LogP contribution in [0.2, 0.25) is 0 Å². The van der Waals surface area contributed by atoms with E-state index < -0.39 is 11.2 Å². The summed E-state index contributed by atoms with van der Waals surface area (Å²) in [5, 5.41) is 0. The van der Waals surface area contributed by atoms with Gasteiger partial charge < -0.3 is 9.47 Å². The minimum absolute atomic E-state index is 0.406. The van der Waals surface area contributed by atoms with Crippen LogP contribution in [0.1, 0.15) is 19.5 Å². The van der Waals surface area contributed by atoms with E-state index in [1.54, 1.807) is 11.4 Å². The van der Waals surface area contributed by atoms with Gasteiger partial charge >= 0.3 is 5.69 Å². The summed E-state index contributed by atoms with van der Waals surface area (Å²) in [6.07, 6.45) is 1.90. The van der Waals surface area contributed by atoms with Crippen LogP contribution in [-0.2, 0) is 13.6 Å². The number of hydrogen-bond donors (Lipinski definition) is 1. The zero-order valence-corrected chi connectivity index (χ0v) is 14.0. The average molecular weight is 318 g/mol. The highest BCUT2D eigenvalue weighted by Gasteiger charge is 2.17. The number of hydrogen-bond acceptors (Lipinski definition) is 4. The van der Waals surface area contributed by atoms with Crippen molar-refractivity contribution in [3.8, 4) is 0 Å². The lowest BCUT2D eigenvalue weighted by Crippen LogP contribution is -2.28. The van der Waals surface area contributed by atoms with Crippen molar-refractivity contribution in [3.05, 3.63) is 32.7 Å². The Bertz CT molecular complexity index is 970. The molecule has 8 nitrogen and oxygen atoms in total. The molecule has 0 aromatic carbocycles. The smallest absolute Gasteiger partial charge is 0.313 e. The van der Waals surface area contributed by atoms with E-state index in [4.69, 9.17) is 0 Å². The molecule has 0 unspecified atom stereocenters. The summed E-state index contributed by atoms with van der Waals surface area (Å²) in [6.45, 7) is 9.98. The molecule has 0 radical (unpaired) electrons. The molecule has 3 aromatic rings. The Balaban J connectivity index is 2.17. The number of aromatic amines is 1. The lowest BCUT2D eigenvalue weighted by molar-refractivity contribution is 0.291. The molecule has 0 aliphatic heterocycles. The van der Waals surface area contributed by atoms with Gasteiger partial charge in [0.15, 0.2) is 11.2 Å². The maximum absolute atomic E-state index is 12.2. The molecule has 0 aliphatic carbocycles. The van der Waals surface area contributed by atoms with Gasteiger partial charge in [0.25, 0.3) is 5.56 Å². The first-order chi connectivity index (χ1) is 11.0. The highest BCUT2D eigenvalue weighted by molar-refractivity contribution is 5.75. The molecule has 8 heteroatoms. The summed E-state index contributed by atoms with van der Waals surface area (Å²) in [7, 11) is 1.61. The van der Waals surface area contributed by atoms with Crippen molar-refractivity contribution in [2.24, 2.45) is 7.05 Å². The molecule has 124 valence electrons. The van der Waals surface area contributed by atoms with Crippen molar-refractivity contribution < 1.29 is 0 Å². The number of fused-ring (bicyclic) bond motifs is 3. The Morgan fingerprint density at radius 2 is 1.96 bits per heavy atom. The summed E-state index contributed by atoms with van der Waals surface area (Å²) < 4.78 is 5.22. The van der Waals surface area contributed by atoms with Crippen LogP contribution in [-0.4, -0.2) is 48.0 Å². The largest absolute Gasteiger partial charge is 0.329 e. The standard InChI is InChI=1S/C15H22N6O2/c1-5-19(6-2)7-8-20-10(3)9-21-11-12(16-14(20)21)18(4)15(23)17-13(11)22/h9H,5-8H2,1-4H3,(H,17,22,23). The van der Waals surface area contributed by atoms with Gasteiger partial charge in [-0.05, 0) is 20.0 Å². The van der Waals surface area contributed by atoms with E-state index in [0.29, 0.717) is 16.9 Å². The van der Waals surface area contributed by atoms with Crippen molar-refractivity contribution in [1.82, 2.24) is 28.4 Å². The Morgan fingerprint density at radius 3 is 2.61 bits per heavy atom. The maximum Gasteiger partial charge on any atom is 0.329 e. The van der Waals surface area contributed by atoms with E-state index in [1.165, 1.54) is 4.57 Å². The van der Waals surface area contributed by atoms with Crippen molar-refractivity contribution >= 4 is 16.9 Å². The third kappa shape index (κ3) is 2.39. The zero-order chi connectivity index (χ0) is 16.7. The van der Waals surface area contributed by atoms with Gasteiger partial charge in [0.05, 0.1) is 0 Å². The van der Waals surface area contributed by atoms with E-state index in [-0.39, 0.29) is 0 Å². The van der Waals surface area contributed by atoms with Gasteiger partial charge in [0.2, 0.25) is 5.78 Å². The fraction of sp³-hybridized carbons (Fsp3) is 0.533. The third-order valence-electron chi connectivity index (χ3n) is 4.45. The molecule has 0 amide bonds. The fourth-order valence-electron chi connectivity index (χ4n) is 2.97. The molecule has 0 spiro atoms. The van der Waals surface area contributed by atoms with E-state index in [2.05, 4.69) is 33.3 Å². The summed E-state index contributed by atoms with van der Waals surface area (Å²) in [6, 6.07) is 0. The molecule has 23 heavy (non-hydrogen) atoms. The molecule has 3 rings (SSSR count). The van der Waals surface area contributed by atoms with Crippen molar-refractivity contribution in [2.45, 2.75) is 27.3 Å². The SMILES string of the molecule is CCN(CC)CCn1c(C)cn2c3c(=O)[nH]c(=O)n(C)c3nc12. The second kappa shape index (κ2) is 5.69. The molecule has 1 N–H and O–H groups in total. The van der Waals surface area contributed by atoms with Crippen LogP contribution in [0.3, 0.4) is 0 Å². The zero-order valence-electron chi connectivity index (χ0n) is 14.0. The molecule has 0 atom stereocenters. The fourth-order valence-corrected chi connectivity index (χ4v) is 2.97. The second-order valence-corrected chi connectivity index (χ2v) is 5.72. The Labute approximate surface area is 133 Å². The van der Waals surface area contributed by atoms with Crippen LogP contribution in [0.15, 0.2) is 15.8 Å². The molecular formula is C15H22N6O2. The second-order valence-electron chi connectivity index (χ2n) is 5.72. The minimum atomic E-state index is -0.449. The van der Waals surface area contributed by atoms with Gasteiger partial charge in [-0.1, -0.05) is 13.8 Å². The quantitative estimate of drug-likeness (QED) is 0.735. The van der Waals surface area contributed by atoms with E-state index in [0.717, 1.165) is 31.9 Å². The van der Waals surface area contributed by atoms with Crippen LogP contribution >= 0.6 is 0 Å². The van der Waals surface area contributed by atoms with Crippen LogP contribution in [0, 0.1) is 6.92 Å². The normalized spacial score (nSPS) is 12.0. The molecule has 0 aliphatic rings. The predicted octanol–water partition coefficient (Wildman–Crippen LogP) is 0.326. The van der Waals surface area contributed by atoms with Crippen LogP contribution in [0.25, 0.3) is 16.9 Å². The van der Waals surface area contributed by atoms with Crippen LogP contribution in [0.5, 0.6) is 0 Å². The maximum atomic E-state index is 12.2. The summed E-state index contributed by atoms with van der Waals surface area (Å²) in [4.78, 5) is 33.1. The lowest BCUT2D eigenvalue weighted by atomic mass is 10.4. The number of imidazole rings is 2. The average Bonchev–Trinajstić information content (AvgIpc) is 3.02. The Morgan fingerprint density at radius 1 is 1.26 bits per heavy atom. The molecular weight excluding hydrogens is 296 g/mol. The number of likely N-dealkylation sites (N-methyl/N-ethyl adjacent to an activating group) is 1. The number of aryl methyl sites for hydroxylation is 2.